The molecule has 0 aliphatic carbocycles. The van der Waals surface area contributed by atoms with Gasteiger partial charge in [-0.05, 0) is 80.5 Å². The predicted octanol–water partition coefficient (Wildman–Crippen LogP) is 4.12. The molecule has 0 bridgehead atoms. The summed E-state index contributed by atoms with van der Waals surface area (Å²) in [6.07, 6.45) is 2.44. The third-order valence-corrected chi connectivity index (χ3v) is 7.63. The summed E-state index contributed by atoms with van der Waals surface area (Å²) in [7, 11) is -3.78. The lowest BCUT2D eigenvalue weighted by Crippen LogP contribution is -2.45. The fraction of sp³-hybridized carbons (Fsp3) is 0.462. The van der Waals surface area contributed by atoms with Crippen LogP contribution in [0.1, 0.15) is 54.6 Å². The molecule has 184 valence electrons. The fourth-order valence-electron chi connectivity index (χ4n) is 4.00. The lowest BCUT2D eigenvalue weighted by Gasteiger charge is -2.32. The van der Waals surface area contributed by atoms with Crippen molar-refractivity contribution in [2.75, 3.05) is 24.4 Å². The Kier molecular flexibility index (Phi) is 8.36. The first-order chi connectivity index (χ1) is 16.1. The van der Waals surface area contributed by atoms with Crippen molar-refractivity contribution < 1.29 is 18.0 Å². The lowest BCUT2D eigenvalue weighted by atomic mass is 9.96. The van der Waals surface area contributed by atoms with Crippen LogP contribution in [0.2, 0.25) is 0 Å². The molecule has 0 radical (unpaired) electrons. The Hall–Kier alpha value is -2.87. The predicted molar refractivity (Wildman–Crippen MR) is 134 cm³/mol. The lowest BCUT2D eigenvalue weighted by molar-refractivity contribution is -0.126. The fourth-order valence-corrected chi connectivity index (χ4v) is 5.13. The second-order valence-electron chi connectivity index (χ2n) is 9.50. The van der Waals surface area contributed by atoms with E-state index in [-0.39, 0.29) is 22.6 Å². The number of hydrogen-bond donors (Lipinski definition) is 2. The highest BCUT2D eigenvalue weighted by molar-refractivity contribution is 7.92. The molecule has 7 nitrogen and oxygen atoms in total. The summed E-state index contributed by atoms with van der Waals surface area (Å²) >= 11 is 0. The van der Waals surface area contributed by atoms with Crippen LogP contribution >= 0.6 is 0 Å². The molecule has 1 atom stereocenters. The van der Waals surface area contributed by atoms with Gasteiger partial charge in [0.2, 0.25) is 5.91 Å². The second-order valence-corrected chi connectivity index (χ2v) is 11.2. The molecule has 1 saturated heterocycles. The van der Waals surface area contributed by atoms with Gasteiger partial charge < -0.3 is 10.2 Å². The topological polar surface area (TPSA) is 95.6 Å². The number of rotatable bonds is 8. The number of carbonyl (C=O) groups is 2. The van der Waals surface area contributed by atoms with Gasteiger partial charge in [-0.2, -0.15) is 0 Å². The molecule has 1 aliphatic rings. The van der Waals surface area contributed by atoms with E-state index in [2.05, 4.69) is 23.9 Å². The van der Waals surface area contributed by atoms with Gasteiger partial charge in [-0.3, -0.25) is 14.3 Å². The smallest absolute Gasteiger partial charge is 0.261 e. The van der Waals surface area contributed by atoms with E-state index in [0.29, 0.717) is 36.8 Å². The number of nitrogens with zero attached hydrogens (tertiary/aromatic N) is 1. The Morgan fingerprint density at radius 2 is 1.85 bits per heavy atom. The maximum absolute atomic E-state index is 13.2. The monoisotopic (exact) mass is 485 g/mol. The van der Waals surface area contributed by atoms with Crippen LogP contribution in [0.15, 0.2) is 47.4 Å². The molecule has 1 heterocycles. The van der Waals surface area contributed by atoms with Gasteiger partial charge in [0.15, 0.2) is 0 Å². The SMILES string of the molecule is Cc1ccc(S(=O)(=O)Nc2cccc(C(=O)N3CCC[C@H](C(=O)NCCC(C)C)C3)c2)cc1C. The van der Waals surface area contributed by atoms with Crippen molar-refractivity contribution >= 4 is 27.5 Å². The summed E-state index contributed by atoms with van der Waals surface area (Å²) in [6.45, 7) is 9.60. The number of hydrogen-bond acceptors (Lipinski definition) is 4. The van der Waals surface area contributed by atoms with E-state index >= 15 is 0 Å². The highest BCUT2D eigenvalue weighted by Crippen LogP contribution is 2.22. The highest BCUT2D eigenvalue weighted by atomic mass is 32.2. The van der Waals surface area contributed by atoms with Crippen LogP contribution in [-0.2, 0) is 14.8 Å². The first-order valence-electron chi connectivity index (χ1n) is 11.8. The molecule has 2 amide bonds. The van der Waals surface area contributed by atoms with E-state index in [4.69, 9.17) is 0 Å². The third kappa shape index (κ3) is 6.59. The normalized spacial score (nSPS) is 16.4. The Bertz CT molecular complexity index is 1140. The summed E-state index contributed by atoms with van der Waals surface area (Å²) < 4.78 is 28.3. The van der Waals surface area contributed by atoms with Crippen molar-refractivity contribution in [2.45, 2.75) is 51.9 Å². The van der Waals surface area contributed by atoms with Crippen molar-refractivity contribution in [3.63, 3.8) is 0 Å². The summed E-state index contributed by atoms with van der Waals surface area (Å²) in [4.78, 5) is 27.6. The van der Waals surface area contributed by atoms with E-state index < -0.39 is 10.0 Å². The Morgan fingerprint density at radius 1 is 1.09 bits per heavy atom. The minimum Gasteiger partial charge on any atom is -0.356 e. The zero-order valence-electron chi connectivity index (χ0n) is 20.4. The Labute approximate surface area is 203 Å². The molecular weight excluding hydrogens is 450 g/mol. The molecule has 0 aromatic heterocycles. The van der Waals surface area contributed by atoms with Crippen LogP contribution in [0, 0.1) is 25.7 Å². The minimum atomic E-state index is -3.78. The molecule has 1 aliphatic heterocycles. The summed E-state index contributed by atoms with van der Waals surface area (Å²) in [6, 6.07) is 11.5. The van der Waals surface area contributed by atoms with Crippen LogP contribution in [0.25, 0.3) is 0 Å². The van der Waals surface area contributed by atoms with Crippen LogP contribution in [0.5, 0.6) is 0 Å². The molecule has 0 unspecified atom stereocenters. The summed E-state index contributed by atoms with van der Waals surface area (Å²) in [5.41, 5.74) is 2.62. The van der Waals surface area contributed by atoms with E-state index in [0.717, 1.165) is 30.4 Å². The quantitative estimate of drug-likeness (QED) is 0.588. The number of piperidine rings is 1. The number of nitrogens with one attached hydrogen (secondary N) is 2. The molecular formula is C26H35N3O4S. The van der Waals surface area contributed by atoms with E-state index in [1.54, 1.807) is 47.4 Å². The molecule has 8 heteroatoms. The third-order valence-electron chi connectivity index (χ3n) is 6.25. The number of anilines is 1. The Balaban J connectivity index is 1.68. The maximum Gasteiger partial charge on any atom is 0.261 e. The van der Waals surface area contributed by atoms with Gasteiger partial charge in [-0.1, -0.05) is 26.0 Å². The van der Waals surface area contributed by atoms with Gasteiger partial charge >= 0.3 is 0 Å². The van der Waals surface area contributed by atoms with Crippen molar-refractivity contribution in [3.8, 4) is 0 Å². The van der Waals surface area contributed by atoms with Crippen molar-refractivity contribution in [1.82, 2.24) is 10.2 Å². The van der Waals surface area contributed by atoms with E-state index in [9.17, 15) is 18.0 Å². The van der Waals surface area contributed by atoms with Crippen molar-refractivity contribution in [1.29, 1.82) is 0 Å². The van der Waals surface area contributed by atoms with Gasteiger partial charge in [-0.25, -0.2) is 8.42 Å². The minimum absolute atomic E-state index is 0.00643. The maximum atomic E-state index is 13.2. The number of amides is 2. The molecule has 2 aromatic rings. The van der Waals surface area contributed by atoms with Crippen LogP contribution in [0.3, 0.4) is 0 Å². The molecule has 1 fully saturated rings. The number of carbonyl (C=O) groups excluding carboxylic acids is 2. The number of benzene rings is 2. The molecule has 0 saturated carbocycles. The molecule has 2 aromatic carbocycles. The summed E-state index contributed by atoms with van der Waals surface area (Å²) in [5.74, 6) is 0.0840. The second kappa shape index (κ2) is 11.0. The zero-order chi connectivity index (χ0) is 24.9. The number of sulfonamides is 1. The van der Waals surface area contributed by atoms with Crippen molar-refractivity contribution in [2.24, 2.45) is 11.8 Å². The van der Waals surface area contributed by atoms with Gasteiger partial charge in [0.25, 0.3) is 15.9 Å². The van der Waals surface area contributed by atoms with E-state index in [1.165, 1.54) is 0 Å². The van der Waals surface area contributed by atoms with E-state index in [1.807, 2.05) is 13.8 Å². The average Bonchev–Trinajstić information content (AvgIpc) is 2.80. The van der Waals surface area contributed by atoms with Gasteiger partial charge in [0.1, 0.15) is 0 Å². The zero-order valence-corrected chi connectivity index (χ0v) is 21.2. The van der Waals surface area contributed by atoms with Gasteiger partial charge in [0.05, 0.1) is 10.8 Å². The first-order valence-corrected chi connectivity index (χ1v) is 13.3. The van der Waals surface area contributed by atoms with Gasteiger partial charge in [-0.15, -0.1) is 0 Å². The standard InChI is InChI=1S/C26H35N3O4S/c1-18(2)12-13-27-25(30)22-8-6-14-29(17-22)26(31)21-7-5-9-23(16-21)28-34(32,33)24-11-10-19(3)20(4)15-24/h5,7,9-11,15-16,18,22,28H,6,8,12-14,17H2,1-4H3,(H,27,30)/t22-/m0/s1. The molecule has 2 N–H and O–H groups in total. The molecule has 0 spiro atoms. The number of likely N-dealkylation sites (tertiary alicyclic amines) is 1. The molecule has 3 rings (SSSR count). The largest absolute Gasteiger partial charge is 0.356 e. The molecule has 34 heavy (non-hydrogen) atoms. The number of aryl methyl sites for hydroxylation is 2. The van der Waals surface area contributed by atoms with Gasteiger partial charge in [0, 0.05) is 30.9 Å². The average molecular weight is 486 g/mol. The summed E-state index contributed by atoms with van der Waals surface area (Å²) in [5, 5.41) is 2.99. The Morgan fingerprint density at radius 3 is 2.56 bits per heavy atom. The first kappa shape index (κ1) is 25.7. The van der Waals surface area contributed by atoms with Crippen LogP contribution in [-0.4, -0.2) is 44.8 Å². The van der Waals surface area contributed by atoms with Crippen LogP contribution in [0.4, 0.5) is 5.69 Å². The van der Waals surface area contributed by atoms with Crippen LogP contribution < -0.4 is 10.0 Å². The van der Waals surface area contributed by atoms with Crippen molar-refractivity contribution in [3.05, 3.63) is 59.2 Å². The highest BCUT2D eigenvalue weighted by Gasteiger charge is 2.29.